The van der Waals surface area contributed by atoms with Crippen LogP contribution in [0.5, 0.6) is 0 Å². The highest BCUT2D eigenvalue weighted by Crippen LogP contribution is 2.19. The fourth-order valence-corrected chi connectivity index (χ4v) is 2.80. The average Bonchev–Trinajstić information content (AvgIpc) is 2.45. The molecule has 1 aromatic rings. The Bertz CT molecular complexity index is 502. The molecule has 0 aliphatic carbocycles. The lowest BCUT2D eigenvalue weighted by atomic mass is 10.0. The number of aromatic nitrogens is 2. The van der Waals surface area contributed by atoms with Gasteiger partial charge in [-0.2, -0.15) is 5.10 Å². The Labute approximate surface area is 124 Å². The maximum Gasteiger partial charge on any atom is 0.287 e. The third-order valence-electron chi connectivity index (χ3n) is 3.87. The van der Waals surface area contributed by atoms with Crippen LogP contribution in [0.1, 0.15) is 32.6 Å². The van der Waals surface area contributed by atoms with Crippen molar-refractivity contribution in [3.63, 3.8) is 0 Å². The number of likely N-dealkylation sites (tertiary alicyclic amines) is 1. The number of nitrogens with one attached hydrogen (secondary N) is 1. The van der Waals surface area contributed by atoms with Gasteiger partial charge in [0.2, 0.25) is 0 Å². The number of halogens is 1. The number of piperidine rings is 1. The van der Waals surface area contributed by atoms with Crippen molar-refractivity contribution >= 4 is 17.3 Å². The van der Waals surface area contributed by atoms with Gasteiger partial charge in [-0.3, -0.25) is 4.79 Å². The molecular weight excluding hydrogens is 276 g/mol. The highest BCUT2D eigenvalue weighted by Gasteiger charge is 2.19. The summed E-state index contributed by atoms with van der Waals surface area (Å²) in [4.78, 5) is 14.4. The van der Waals surface area contributed by atoms with Gasteiger partial charge in [-0.1, -0.05) is 24.9 Å². The number of rotatable bonds is 5. The van der Waals surface area contributed by atoms with Gasteiger partial charge in [0.15, 0.2) is 0 Å². The monoisotopic (exact) mass is 298 g/mol. The minimum absolute atomic E-state index is 0.212. The summed E-state index contributed by atoms with van der Waals surface area (Å²) in [6.45, 7) is 4.54. The number of hydrogen-bond donors (Lipinski definition) is 1. The van der Waals surface area contributed by atoms with E-state index in [1.165, 1.54) is 23.9 Å². The Balaban J connectivity index is 2.02. The third kappa shape index (κ3) is 3.52. The van der Waals surface area contributed by atoms with Gasteiger partial charge in [0.25, 0.3) is 5.56 Å². The van der Waals surface area contributed by atoms with E-state index in [0.717, 1.165) is 19.5 Å². The molecule has 5 nitrogen and oxygen atoms in total. The standard InChI is InChI=1S/C14H23ClN4O/c1-3-7-19-14(20)13(15)12(10-17-19)16-9-11-6-4-5-8-18(11)2/h10-11,16H,3-9H2,1-2H3. The van der Waals surface area contributed by atoms with Crippen molar-refractivity contribution in [2.75, 3.05) is 25.5 Å². The van der Waals surface area contributed by atoms with Gasteiger partial charge in [-0.05, 0) is 32.9 Å². The van der Waals surface area contributed by atoms with Gasteiger partial charge in [0.05, 0.1) is 11.9 Å². The molecule has 1 N–H and O–H groups in total. The zero-order valence-corrected chi connectivity index (χ0v) is 13.0. The van der Waals surface area contributed by atoms with Crippen LogP contribution >= 0.6 is 11.6 Å². The average molecular weight is 299 g/mol. The van der Waals surface area contributed by atoms with Gasteiger partial charge in [-0.15, -0.1) is 0 Å². The minimum Gasteiger partial charge on any atom is -0.381 e. The zero-order valence-electron chi connectivity index (χ0n) is 12.2. The molecule has 2 heterocycles. The second kappa shape index (κ2) is 7.09. The highest BCUT2D eigenvalue weighted by atomic mass is 35.5. The second-order valence-corrected chi connectivity index (χ2v) is 5.79. The molecule has 1 unspecified atom stereocenters. The van der Waals surface area contributed by atoms with Gasteiger partial charge >= 0.3 is 0 Å². The SMILES string of the molecule is CCCn1ncc(NCC2CCCCN2C)c(Cl)c1=O. The van der Waals surface area contributed by atoms with E-state index in [2.05, 4.69) is 22.4 Å². The van der Waals surface area contributed by atoms with E-state index < -0.39 is 0 Å². The van der Waals surface area contributed by atoms with Crippen LogP contribution in [-0.4, -0.2) is 40.9 Å². The molecule has 1 atom stereocenters. The molecule has 2 rings (SSSR count). The molecule has 112 valence electrons. The Morgan fingerprint density at radius 2 is 2.30 bits per heavy atom. The Kier molecular flexibility index (Phi) is 5.43. The minimum atomic E-state index is -0.212. The normalized spacial score (nSPS) is 20.1. The van der Waals surface area contributed by atoms with Crippen LogP contribution in [0.2, 0.25) is 5.02 Å². The fraction of sp³-hybridized carbons (Fsp3) is 0.714. The van der Waals surface area contributed by atoms with Gasteiger partial charge < -0.3 is 10.2 Å². The number of nitrogens with zero attached hydrogens (tertiary/aromatic N) is 3. The van der Waals surface area contributed by atoms with Crippen LogP contribution in [0.15, 0.2) is 11.0 Å². The molecule has 0 spiro atoms. The maximum atomic E-state index is 12.0. The molecule has 1 aliphatic rings. The van der Waals surface area contributed by atoms with Gasteiger partial charge in [-0.25, -0.2) is 4.68 Å². The van der Waals surface area contributed by atoms with Crippen molar-refractivity contribution in [1.29, 1.82) is 0 Å². The van der Waals surface area contributed by atoms with Gasteiger partial charge in [0.1, 0.15) is 5.02 Å². The first-order valence-electron chi connectivity index (χ1n) is 7.33. The summed E-state index contributed by atoms with van der Waals surface area (Å²) in [7, 11) is 2.14. The predicted octanol–water partition coefficient (Wildman–Crippen LogP) is 2.20. The number of likely N-dealkylation sites (N-methyl/N-ethyl adjacent to an activating group) is 1. The number of hydrogen-bond acceptors (Lipinski definition) is 4. The summed E-state index contributed by atoms with van der Waals surface area (Å²) in [5, 5.41) is 7.67. The first-order valence-corrected chi connectivity index (χ1v) is 7.71. The summed E-state index contributed by atoms with van der Waals surface area (Å²) < 4.78 is 1.42. The van der Waals surface area contributed by atoms with E-state index >= 15 is 0 Å². The van der Waals surface area contributed by atoms with Crippen LogP contribution in [0.3, 0.4) is 0 Å². The lowest BCUT2D eigenvalue weighted by molar-refractivity contribution is 0.194. The molecule has 1 saturated heterocycles. The highest BCUT2D eigenvalue weighted by molar-refractivity contribution is 6.32. The Morgan fingerprint density at radius 1 is 1.50 bits per heavy atom. The van der Waals surface area contributed by atoms with E-state index in [1.54, 1.807) is 6.20 Å². The first kappa shape index (κ1) is 15.3. The first-order chi connectivity index (χ1) is 9.63. The van der Waals surface area contributed by atoms with E-state index in [4.69, 9.17) is 11.6 Å². The van der Waals surface area contributed by atoms with E-state index in [-0.39, 0.29) is 10.6 Å². The van der Waals surface area contributed by atoms with Crippen molar-refractivity contribution in [2.45, 2.75) is 45.2 Å². The molecule has 0 amide bonds. The quantitative estimate of drug-likeness (QED) is 0.905. The van der Waals surface area contributed by atoms with Crippen LogP contribution in [0.25, 0.3) is 0 Å². The zero-order chi connectivity index (χ0) is 14.5. The smallest absolute Gasteiger partial charge is 0.287 e. The summed E-state index contributed by atoms with van der Waals surface area (Å²) in [5.74, 6) is 0. The topological polar surface area (TPSA) is 50.2 Å². The van der Waals surface area contributed by atoms with Crippen molar-refractivity contribution in [1.82, 2.24) is 14.7 Å². The van der Waals surface area contributed by atoms with Crippen LogP contribution in [0.4, 0.5) is 5.69 Å². The molecule has 6 heteroatoms. The summed E-state index contributed by atoms with van der Waals surface area (Å²) in [6, 6.07) is 0.498. The lowest BCUT2D eigenvalue weighted by Gasteiger charge is -2.32. The van der Waals surface area contributed by atoms with E-state index in [0.29, 0.717) is 18.3 Å². The summed E-state index contributed by atoms with van der Waals surface area (Å²) in [5.41, 5.74) is 0.429. The number of anilines is 1. The van der Waals surface area contributed by atoms with E-state index in [1.807, 2.05) is 6.92 Å². The number of aryl methyl sites for hydroxylation is 1. The second-order valence-electron chi connectivity index (χ2n) is 5.41. The summed E-state index contributed by atoms with van der Waals surface area (Å²) >= 11 is 6.14. The molecule has 1 aliphatic heterocycles. The van der Waals surface area contributed by atoms with Crippen molar-refractivity contribution in [3.8, 4) is 0 Å². The van der Waals surface area contributed by atoms with Crippen molar-refractivity contribution in [3.05, 3.63) is 21.6 Å². The summed E-state index contributed by atoms with van der Waals surface area (Å²) in [6.07, 6.45) is 6.23. The van der Waals surface area contributed by atoms with Crippen molar-refractivity contribution < 1.29 is 0 Å². The van der Waals surface area contributed by atoms with Crippen LogP contribution in [-0.2, 0) is 6.54 Å². The third-order valence-corrected chi connectivity index (χ3v) is 4.24. The molecule has 0 bridgehead atoms. The molecular formula is C14H23ClN4O. The largest absolute Gasteiger partial charge is 0.381 e. The fourth-order valence-electron chi connectivity index (χ4n) is 2.59. The van der Waals surface area contributed by atoms with Crippen LogP contribution in [0, 0.1) is 0 Å². The molecule has 0 aromatic carbocycles. The van der Waals surface area contributed by atoms with Gasteiger partial charge in [0, 0.05) is 19.1 Å². The Morgan fingerprint density at radius 3 is 3.00 bits per heavy atom. The molecule has 1 fully saturated rings. The molecule has 0 radical (unpaired) electrons. The molecule has 1 aromatic heterocycles. The van der Waals surface area contributed by atoms with Crippen LogP contribution < -0.4 is 10.9 Å². The lowest BCUT2D eigenvalue weighted by Crippen LogP contribution is -2.41. The molecule has 20 heavy (non-hydrogen) atoms. The van der Waals surface area contributed by atoms with E-state index in [9.17, 15) is 4.79 Å². The Hall–Kier alpha value is -1.07. The van der Waals surface area contributed by atoms with Crippen molar-refractivity contribution in [2.24, 2.45) is 0 Å². The maximum absolute atomic E-state index is 12.0. The predicted molar refractivity (Wildman–Crippen MR) is 82.6 cm³/mol. The molecule has 0 saturated carbocycles.